The van der Waals surface area contributed by atoms with Gasteiger partial charge in [-0.05, 0) is 24.3 Å². The van der Waals surface area contributed by atoms with Crippen LogP contribution >= 0.6 is 0 Å². The van der Waals surface area contributed by atoms with Crippen LogP contribution in [-0.4, -0.2) is 58.0 Å². The normalized spacial score (nSPS) is 18.8. The van der Waals surface area contributed by atoms with Gasteiger partial charge in [0.25, 0.3) is 11.8 Å². The molecule has 10 heteroatoms. The molecule has 1 atom stereocenters. The molecule has 3 aromatic rings. The van der Waals surface area contributed by atoms with Crippen LogP contribution in [0, 0.1) is 0 Å². The molecular formula is C19H20FN5O4. The van der Waals surface area contributed by atoms with Gasteiger partial charge in [-0.2, -0.15) is 4.98 Å². The molecule has 1 fully saturated rings. The lowest BCUT2D eigenvalue weighted by atomic mass is 10.1. The Morgan fingerprint density at radius 2 is 2.00 bits per heavy atom. The number of carbonyl (C=O) groups excluding carboxylic acids is 1. The van der Waals surface area contributed by atoms with Gasteiger partial charge in [0.2, 0.25) is 17.4 Å². The molecule has 152 valence electrons. The predicted octanol–water partition coefficient (Wildman–Crippen LogP) is 2.20. The molecule has 9 nitrogen and oxygen atoms in total. The number of rotatable bonds is 5. The molecule has 0 radical (unpaired) electrons. The summed E-state index contributed by atoms with van der Waals surface area (Å²) in [5.41, 5.74) is -0.956. The molecule has 1 aliphatic heterocycles. The van der Waals surface area contributed by atoms with Gasteiger partial charge in [-0.25, -0.2) is 4.39 Å². The fourth-order valence-electron chi connectivity index (χ4n) is 3.32. The summed E-state index contributed by atoms with van der Waals surface area (Å²) in [5, 5.41) is 7.96. The molecule has 2 aromatic heterocycles. The summed E-state index contributed by atoms with van der Waals surface area (Å²) in [6.07, 6.45) is 1.61. The lowest BCUT2D eigenvalue weighted by molar-refractivity contribution is 0.0713. The van der Waals surface area contributed by atoms with Crippen molar-refractivity contribution >= 4 is 5.91 Å². The summed E-state index contributed by atoms with van der Waals surface area (Å²) in [4.78, 5) is 18.4. The Morgan fingerprint density at radius 1 is 1.24 bits per heavy atom. The van der Waals surface area contributed by atoms with Gasteiger partial charge < -0.3 is 18.9 Å². The maximum absolute atomic E-state index is 15.5. The third-order valence-corrected chi connectivity index (χ3v) is 4.88. The number of hydrogen-bond donors (Lipinski definition) is 0. The molecule has 0 N–H and O–H groups in total. The Hall–Kier alpha value is -3.43. The molecule has 1 aromatic carbocycles. The molecule has 0 bridgehead atoms. The molecule has 4 rings (SSSR count). The molecule has 1 amide bonds. The van der Waals surface area contributed by atoms with Crippen LogP contribution in [0.1, 0.15) is 22.7 Å². The van der Waals surface area contributed by atoms with Crippen LogP contribution in [0.2, 0.25) is 0 Å². The zero-order chi connectivity index (χ0) is 20.6. The number of aryl methyl sites for hydroxylation is 1. The van der Waals surface area contributed by atoms with Crippen molar-refractivity contribution in [1.82, 2.24) is 24.8 Å². The van der Waals surface area contributed by atoms with Gasteiger partial charge in [-0.15, -0.1) is 5.10 Å². The molecule has 0 spiro atoms. The maximum atomic E-state index is 15.5. The lowest BCUT2D eigenvalue weighted by Gasteiger charge is -2.17. The number of hydrogen-bond acceptors (Lipinski definition) is 7. The van der Waals surface area contributed by atoms with Crippen molar-refractivity contribution in [2.24, 2.45) is 7.05 Å². The fourth-order valence-corrected chi connectivity index (χ4v) is 3.32. The second-order valence-electron chi connectivity index (χ2n) is 6.82. The van der Waals surface area contributed by atoms with E-state index < -0.39 is 5.67 Å². The minimum atomic E-state index is -1.91. The summed E-state index contributed by atoms with van der Waals surface area (Å²) in [6, 6.07) is 7.04. The largest absolute Gasteiger partial charge is 0.497 e. The maximum Gasteiger partial charge on any atom is 0.266 e. The Kier molecular flexibility index (Phi) is 4.69. The third kappa shape index (κ3) is 3.41. The summed E-state index contributed by atoms with van der Waals surface area (Å²) in [7, 11) is 4.69. The first kappa shape index (κ1) is 18.9. The zero-order valence-electron chi connectivity index (χ0n) is 16.3. The quantitative estimate of drug-likeness (QED) is 0.647. The summed E-state index contributed by atoms with van der Waals surface area (Å²) in [6.45, 7) is 0.0295. The van der Waals surface area contributed by atoms with Crippen LogP contribution in [0.4, 0.5) is 4.39 Å². The highest BCUT2D eigenvalue weighted by Gasteiger charge is 2.47. The summed E-state index contributed by atoms with van der Waals surface area (Å²) in [5.74, 6) is 0.670. The minimum absolute atomic E-state index is 0.0611. The van der Waals surface area contributed by atoms with E-state index >= 15 is 4.39 Å². The van der Waals surface area contributed by atoms with Gasteiger partial charge in [0.05, 0.1) is 20.8 Å². The first-order valence-electron chi connectivity index (χ1n) is 8.98. The highest BCUT2D eigenvalue weighted by atomic mass is 19.1. The Bertz CT molecular complexity index is 1030. The van der Waals surface area contributed by atoms with E-state index in [1.165, 1.54) is 16.7 Å². The van der Waals surface area contributed by atoms with Crippen LogP contribution in [0.5, 0.6) is 11.6 Å². The minimum Gasteiger partial charge on any atom is -0.497 e. The molecule has 1 aliphatic rings. The Morgan fingerprint density at radius 3 is 2.69 bits per heavy atom. The van der Waals surface area contributed by atoms with Crippen molar-refractivity contribution in [3.63, 3.8) is 0 Å². The van der Waals surface area contributed by atoms with E-state index in [1.54, 1.807) is 44.6 Å². The summed E-state index contributed by atoms with van der Waals surface area (Å²) >= 11 is 0. The van der Waals surface area contributed by atoms with E-state index in [0.29, 0.717) is 11.3 Å². The predicted molar refractivity (Wildman–Crippen MR) is 99.4 cm³/mol. The van der Waals surface area contributed by atoms with Crippen molar-refractivity contribution in [3.8, 4) is 23.0 Å². The van der Waals surface area contributed by atoms with E-state index in [0.717, 1.165) is 0 Å². The number of nitrogens with zero attached hydrogens (tertiary/aromatic N) is 5. The Labute approximate surface area is 166 Å². The molecule has 1 saturated heterocycles. The fraction of sp³-hybridized carbons (Fsp3) is 0.368. The first-order chi connectivity index (χ1) is 13.9. The molecule has 1 unspecified atom stereocenters. The number of amides is 1. The van der Waals surface area contributed by atoms with Crippen LogP contribution in [0.25, 0.3) is 11.4 Å². The van der Waals surface area contributed by atoms with Crippen LogP contribution in [0.3, 0.4) is 0 Å². The van der Waals surface area contributed by atoms with E-state index in [1.807, 2.05) is 0 Å². The highest BCUT2D eigenvalue weighted by molar-refractivity contribution is 5.96. The second-order valence-corrected chi connectivity index (χ2v) is 6.82. The summed E-state index contributed by atoms with van der Waals surface area (Å²) < 4.78 is 32.5. The number of benzene rings is 1. The molecule has 0 saturated carbocycles. The van der Waals surface area contributed by atoms with Crippen molar-refractivity contribution < 1.29 is 23.2 Å². The number of ether oxygens (including phenoxy) is 2. The van der Waals surface area contributed by atoms with Crippen LogP contribution < -0.4 is 9.47 Å². The van der Waals surface area contributed by atoms with Gasteiger partial charge in [0.15, 0.2) is 0 Å². The number of halogens is 1. The number of methoxy groups -OCH3 is 2. The van der Waals surface area contributed by atoms with Gasteiger partial charge in [-0.1, -0.05) is 5.16 Å². The van der Waals surface area contributed by atoms with E-state index in [-0.39, 0.29) is 48.6 Å². The standard InChI is InChI=1S/C19H20FN5O4/c1-24-10-14(16(22-24)28-3)17(26)25-9-8-19(20,11-25)18-21-15(23-29-18)12-4-6-13(27-2)7-5-12/h4-7,10H,8-9,11H2,1-3H3. The highest BCUT2D eigenvalue weighted by Crippen LogP contribution is 2.37. The van der Waals surface area contributed by atoms with Crippen LogP contribution in [-0.2, 0) is 12.7 Å². The molecule has 3 heterocycles. The topological polar surface area (TPSA) is 95.5 Å². The Balaban J connectivity index is 1.52. The lowest BCUT2D eigenvalue weighted by Crippen LogP contribution is -2.32. The zero-order valence-corrected chi connectivity index (χ0v) is 16.3. The van der Waals surface area contributed by atoms with E-state index in [9.17, 15) is 4.79 Å². The van der Waals surface area contributed by atoms with Gasteiger partial charge >= 0.3 is 0 Å². The van der Waals surface area contributed by atoms with Crippen molar-refractivity contribution in [2.45, 2.75) is 12.1 Å². The van der Waals surface area contributed by atoms with Crippen molar-refractivity contribution in [1.29, 1.82) is 0 Å². The first-order valence-corrected chi connectivity index (χ1v) is 8.98. The number of aromatic nitrogens is 4. The van der Waals surface area contributed by atoms with Gasteiger partial charge in [-0.3, -0.25) is 9.48 Å². The van der Waals surface area contributed by atoms with E-state index in [4.69, 9.17) is 14.0 Å². The van der Waals surface area contributed by atoms with Crippen molar-refractivity contribution in [3.05, 3.63) is 41.9 Å². The third-order valence-electron chi connectivity index (χ3n) is 4.88. The van der Waals surface area contributed by atoms with E-state index in [2.05, 4.69) is 15.2 Å². The van der Waals surface area contributed by atoms with Gasteiger partial charge in [0.1, 0.15) is 11.3 Å². The molecule has 29 heavy (non-hydrogen) atoms. The van der Waals surface area contributed by atoms with Gasteiger partial charge in [0, 0.05) is 31.8 Å². The monoisotopic (exact) mass is 401 g/mol. The molecule has 0 aliphatic carbocycles. The number of carbonyl (C=O) groups is 1. The smallest absolute Gasteiger partial charge is 0.266 e. The SMILES string of the molecule is COc1ccc(-c2noc(C3(F)CCN(C(=O)c4cn(C)nc4OC)C3)n2)cc1. The second kappa shape index (κ2) is 7.19. The number of likely N-dealkylation sites (tertiary alicyclic amines) is 1. The average molecular weight is 401 g/mol. The average Bonchev–Trinajstić information content (AvgIpc) is 3.46. The van der Waals surface area contributed by atoms with Crippen molar-refractivity contribution in [2.75, 3.05) is 27.3 Å². The molecular weight excluding hydrogens is 381 g/mol. The number of alkyl halides is 1. The van der Waals surface area contributed by atoms with Crippen LogP contribution in [0.15, 0.2) is 35.0 Å².